The first kappa shape index (κ1) is 17.7. The van der Waals surface area contributed by atoms with Crippen LogP contribution in [-0.2, 0) is 6.42 Å². The van der Waals surface area contributed by atoms with Crippen LogP contribution in [0.15, 0.2) is 36.4 Å². The van der Waals surface area contributed by atoms with Gasteiger partial charge in [-0.05, 0) is 48.4 Å². The van der Waals surface area contributed by atoms with E-state index in [1.165, 1.54) is 0 Å². The highest BCUT2D eigenvalue weighted by Crippen LogP contribution is 2.36. The van der Waals surface area contributed by atoms with Gasteiger partial charge in [0.1, 0.15) is 0 Å². The number of fused-ring (bicyclic) bond motifs is 3. The SMILES string of the molecule is O=C(c1ccc(Cl)c(Cl)c1)N1CCc2c([nH]c3ccc(Cl)cc23)C1CO. The Morgan fingerprint density at radius 1 is 1.15 bits per heavy atom. The molecule has 0 aliphatic carbocycles. The number of carbonyl (C=O) groups excluding carboxylic acids is 1. The van der Waals surface area contributed by atoms with E-state index in [0.29, 0.717) is 33.6 Å². The molecule has 0 saturated carbocycles. The maximum absolute atomic E-state index is 13.0. The molecule has 2 heterocycles. The van der Waals surface area contributed by atoms with Crippen molar-refractivity contribution in [2.24, 2.45) is 0 Å². The number of aromatic amines is 1. The largest absolute Gasteiger partial charge is 0.394 e. The number of hydrogen-bond donors (Lipinski definition) is 2. The molecule has 1 aliphatic rings. The van der Waals surface area contributed by atoms with Crippen molar-refractivity contribution in [2.75, 3.05) is 13.2 Å². The van der Waals surface area contributed by atoms with E-state index in [1.807, 2.05) is 18.2 Å². The van der Waals surface area contributed by atoms with Crippen LogP contribution in [0.4, 0.5) is 0 Å². The predicted octanol–water partition coefficient (Wildman–Crippen LogP) is 4.86. The number of halogens is 3. The molecule has 2 aromatic carbocycles. The molecular weight excluding hydrogens is 395 g/mol. The van der Waals surface area contributed by atoms with E-state index in [0.717, 1.165) is 22.2 Å². The smallest absolute Gasteiger partial charge is 0.254 e. The van der Waals surface area contributed by atoms with Crippen molar-refractivity contribution < 1.29 is 9.90 Å². The maximum Gasteiger partial charge on any atom is 0.254 e. The van der Waals surface area contributed by atoms with Crippen LogP contribution in [0.25, 0.3) is 10.9 Å². The molecule has 7 heteroatoms. The molecule has 0 spiro atoms. The number of benzene rings is 2. The van der Waals surface area contributed by atoms with Gasteiger partial charge in [0.15, 0.2) is 0 Å². The lowest BCUT2D eigenvalue weighted by molar-refractivity contribution is 0.0563. The molecule has 4 nitrogen and oxygen atoms in total. The average Bonchev–Trinajstić information content (AvgIpc) is 3.00. The fraction of sp³-hybridized carbons (Fsp3) is 0.211. The summed E-state index contributed by atoms with van der Waals surface area (Å²) in [4.78, 5) is 18.0. The Kier molecular flexibility index (Phi) is 4.61. The number of nitrogens with zero attached hydrogens (tertiary/aromatic N) is 1. The zero-order valence-electron chi connectivity index (χ0n) is 13.6. The van der Waals surface area contributed by atoms with Gasteiger partial charge in [0.2, 0.25) is 0 Å². The number of rotatable bonds is 2. The number of carbonyl (C=O) groups is 1. The third-order valence-corrected chi connectivity index (χ3v) is 5.79. The van der Waals surface area contributed by atoms with Crippen molar-refractivity contribution in [3.05, 3.63) is 68.3 Å². The molecule has 0 bridgehead atoms. The van der Waals surface area contributed by atoms with Crippen LogP contribution < -0.4 is 0 Å². The molecule has 1 unspecified atom stereocenters. The van der Waals surface area contributed by atoms with Crippen molar-refractivity contribution in [1.82, 2.24) is 9.88 Å². The summed E-state index contributed by atoms with van der Waals surface area (Å²) in [7, 11) is 0. The molecular formula is C19H15Cl3N2O2. The van der Waals surface area contributed by atoms with Gasteiger partial charge in [-0.25, -0.2) is 0 Å². The first-order chi connectivity index (χ1) is 12.5. The summed E-state index contributed by atoms with van der Waals surface area (Å²) in [5.41, 5.74) is 3.34. The van der Waals surface area contributed by atoms with Gasteiger partial charge in [0.25, 0.3) is 5.91 Å². The van der Waals surface area contributed by atoms with Crippen LogP contribution in [0, 0.1) is 0 Å². The van der Waals surface area contributed by atoms with Gasteiger partial charge in [0.05, 0.1) is 22.7 Å². The van der Waals surface area contributed by atoms with Crippen molar-refractivity contribution in [3.63, 3.8) is 0 Å². The predicted molar refractivity (Wildman–Crippen MR) is 104 cm³/mol. The third kappa shape index (κ3) is 2.87. The summed E-state index contributed by atoms with van der Waals surface area (Å²) >= 11 is 18.1. The second kappa shape index (κ2) is 6.78. The fourth-order valence-electron chi connectivity index (χ4n) is 3.57. The van der Waals surface area contributed by atoms with Gasteiger partial charge in [-0.3, -0.25) is 4.79 Å². The highest BCUT2D eigenvalue weighted by atomic mass is 35.5. The number of aliphatic hydroxyl groups is 1. The van der Waals surface area contributed by atoms with Gasteiger partial charge in [-0.1, -0.05) is 34.8 Å². The van der Waals surface area contributed by atoms with E-state index in [1.54, 1.807) is 23.1 Å². The molecule has 26 heavy (non-hydrogen) atoms. The molecule has 0 saturated heterocycles. The topological polar surface area (TPSA) is 56.3 Å². The van der Waals surface area contributed by atoms with Gasteiger partial charge < -0.3 is 15.0 Å². The van der Waals surface area contributed by atoms with E-state index in [9.17, 15) is 9.90 Å². The number of aromatic nitrogens is 1. The molecule has 1 aromatic heterocycles. The second-order valence-electron chi connectivity index (χ2n) is 6.28. The minimum atomic E-state index is -0.452. The lowest BCUT2D eigenvalue weighted by atomic mass is 9.97. The Hall–Kier alpha value is -1.72. The van der Waals surface area contributed by atoms with Crippen LogP contribution >= 0.6 is 34.8 Å². The number of hydrogen-bond acceptors (Lipinski definition) is 2. The lowest BCUT2D eigenvalue weighted by Crippen LogP contribution is -2.41. The number of nitrogens with one attached hydrogen (secondary N) is 1. The standard InChI is InChI=1S/C19H15Cl3N2O2/c20-11-2-4-16-13(8-11)12-5-6-24(17(9-25)18(12)23-16)19(26)10-1-3-14(21)15(22)7-10/h1-4,7-8,17,23,25H,5-6,9H2. The number of aliphatic hydroxyl groups excluding tert-OH is 1. The normalized spacial score (nSPS) is 16.8. The highest BCUT2D eigenvalue weighted by Gasteiger charge is 2.33. The quantitative estimate of drug-likeness (QED) is 0.635. The molecule has 1 amide bonds. The molecule has 1 atom stereocenters. The Balaban J connectivity index is 1.74. The lowest BCUT2D eigenvalue weighted by Gasteiger charge is -2.35. The van der Waals surface area contributed by atoms with E-state index in [2.05, 4.69) is 4.98 Å². The summed E-state index contributed by atoms with van der Waals surface area (Å²) in [5.74, 6) is -0.190. The van der Waals surface area contributed by atoms with Crippen LogP contribution in [0.1, 0.15) is 27.7 Å². The van der Waals surface area contributed by atoms with Crippen molar-refractivity contribution >= 4 is 51.6 Å². The molecule has 2 N–H and O–H groups in total. The molecule has 3 aromatic rings. The maximum atomic E-state index is 13.0. The Morgan fingerprint density at radius 2 is 1.96 bits per heavy atom. The number of H-pyrrole nitrogens is 1. The van der Waals surface area contributed by atoms with Crippen LogP contribution in [0.5, 0.6) is 0 Å². The zero-order valence-corrected chi connectivity index (χ0v) is 15.9. The summed E-state index contributed by atoms with van der Waals surface area (Å²) in [6, 6.07) is 10.00. The molecule has 0 fully saturated rings. The summed E-state index contributed by atoms with van der Waals surface area (Å²) in [6.45, 7) is 0.317. The van der Waals surface area contributed by atoms with E-state index >= 15 is 0 Å². The van der Waals surface area contributed by atoms with E-state index in [-0.39, 0.29) is 12.5 Å². The van der Waals surface area contributed by atoms with E-state index in [4.69, 9.17) is 34.8 Å². The van der Waals surface area contributed by atoms with Gasteiger partial charge in [-0.15, -0.1) is 0 Å². The van der Waals surface area contributed by atoms with Gasteiger partial charge >= 0.3 is 0 Å². The minimum Gasteiger partial charge on any atom is -0.394 e. The summed E-state index contributed by atoms with van der Waals surface area (Å²) in [6.07, 6.45) is 0.680. The molecule has 134 valence electrons. The van der Waals surface area contributed by atoms with Gasteiger partial charge in [-0.2, -0.15) is 0 Å². The van der Waals surface area contributed by atoms with Crippen molar-refractivity contribution in [1.29, 1.82) is 0 Å². The zero-order chi connectivity index (χ0) is 18.4. The first-order valence-electron chi connectivity index (χ1n) is 8.16. The summed E-state index contributed by atoms with van der Waals surface area (Å²) in [5, 5.41) is 12.4. The van der Waals surface area contributed by atoms with E-state index < -0.39 is 6.04 Å². The molecule has 0 radical (unpaired) electrons. The van der Waals surface area contributed by atoms with Crippen LogP contribution in [0.3, 0.4) is 0 Å². The average molecular weight is 410 g/mol. The summed E-state index contributed by atoms with van der Waals surface area (Å²) < 4.78 is 0. The first-order valence-corrected chi connectivity index (χ1v) is 9.30. The highest BCUT2D eigenvalue weighted by molar-refractivity contribution is 6.42. The third-order valence-electron chi connectivity index (χ3n) is 4.81. The Morgan fingerprint density at radius 3 is 2.69 bits per heavy atom. The minimum absolute atomic E-state index is 0.180. The Bertz CT molecular complexity index is 1020. The molecule has 4 rings (SSSR count). The number of amides is 1. The van der Waals surface area contributed by atoms with Gasteiger partial charge in [0, 0.05) is 33.7 Å². The van der Waals surface area contributed by atoms with Crippen LogP contribution in [-0.4, -0.2) is 34.0 Å². The molecule has 1 aliphatic heterocycles. The second-order valence-corrected chi connectivity index (χ2v) is 7.53. The van der Waals surface area contributed by atoms with Crippen molar-refractivity contribution in [2.45, 2.75) is 12.5 Å². The van der Waals surface area contributed by atoms with Crippen molar-refractivity contribution in [3.8, 4) is 0 Å². The van der Waals surface area contributed by atoms with Crippen LogP contribution in [0.2, 0.25) is 15.1 Å². The fourth-order valence-corrected chi connectivity index (χ4v) is 4.04. The monoisotopic (exact) mass is 408 g/mol. The Labute approximate surface area is 165 Å².